The van der Waals surface area contributed by atoms with Crippen molar-refractivity contribution in [2.45, 2.75) is 45.2 Å². The van der Waals surface area contributed by atoms with Gasteiger partial charge in [-0.2, -0.15) is 0 Å². The fourth-order valence-corrected chi connectivity index (χ4v) is 4.98. The van der Waals surface area contributed by atoms with E-state index in [1.807, 2.05) is 65.0 Å². The molecule has 1 fully saturated rings. The molecular weight excluding hydrogens is 438 g/mol. The number of amides is 1. The molecule has 3 N–H and O–H groups in total. The van der Waals surface area contributed by atoms with E-state index in [0.29, 0.717) is 23.7 Å². The quantitative estimate of drug-likeness (QED) is 0.282. The highest BCUT2D eigenvalue weighted by Gasteiger charge is 2.26. The first kappa shape index (κ1) is 24.7. The minimum Gasteiger partial charge on any atom is -0.384 e. The smallest absolute Gasteiger partial charge is 0.258 e. The summed E-state index contributed by atoms with van der Waals surface area (Å²) in [7, 11) is 1.89. The molecule has 2 aromatic carbocycles. The van der Waals surface area contributed by atoms with E-state index in [1.54, 1.807) is 13.0 Å². The van der Waals surface area contributed by atoms with Crippen molar-refractivity contribution in [1.29, 1.82) is 5.41 Å². The van der Waals surface area contributed by atoms with Crippen LogP contribution in [0.25, 0.3) is 22.0 Å². The zero-order valence-corrected chi connectivity index (χ0v) is 20.7. The minimum atomic E-state index is -0.0148. The van der Waals surface area contributed by atoms with E-state index < -0.39 is 0 Å². The van der Waals surface area contributed by atoms with Crippen LogP contribution in [0.4, 0.5) is 0 Å². The lowest BCUT2D eigenvalue weighted by Gasteiger charge is -2.23. The molecule has 7 nitrogen and oxygen atoms in total. The Morgan fingerprint density at radius 1 is 1.09 bits per heavy atom. The number of nitrogen functional groups attached to an aromatic ring is 1. The van der Waals surface area contributed by atoms with Crippen LogP contribution >= 0.6 is 0 Å². The van der Waals surface area contributed by atoms with Gasteiger partial charge in [0.1, 0.15) is 5.84 Å². The van der Waals surface area contributed by atoms with Gasteiger partial charge in [0.15, 0.2) is 0 Å². The molecule has 0 aliphatic carbocycles. The zero-order valence-electron chi connectivity index (χ0n) is 20.7. The van der Waals surface area contributed by atoms with Crippen molar-refractivity contribution in [3.05, 3.63) is 70.5 Å². The second-order valence-electron chi connectivity index (χ2n) is 9.50. The molecule has 0 spiro atoms. The summed E-state index contributed by atoms with van der Waals surface area (Å²) >= 11 is 0. The second-order valence-corrected chi connectivity index (χ2v) is 9.50. The molecule has 1 aliphatic rings. The van der Waals surface area contributed by atoms with E-state index in [9.17, 15) is 9.59 Å². The molecule has 1 amide bonds. The average molecular weight is 474 g/mol. The highest BCUT2D eigenvalue weighted by Crippen LogP contribution is 2.23. The maximum Gasteiger partial charge on any atom is 0.258 e. The van der Waals surface area contributed by atoms with Crippen LogP contribution in [0.15, 0.2) is 59.4 Å². The molecule has 1 atom stereocenters. The number of nitrogens with two attached hydrogens (primary N) is 1. The number of unbranched alkanes of at least 4 members (excludes halogenated alkanes) is 2. The molecule has 1 aromatic heterocycles. The van der Waals surface area contributed by atoms with Crippen molar-refractivity contribution < 1.29 is 4.79 Å². The molecule has 0 radical (unpaired) electrons. The molecule has 0 bridgehead atoms. The number of likely N-dealkylation sites (tertiary alicyclic amines) is 1. The molecular formula is C28H35N5O2. The van der Waals surface area contributed by atoms with Crippen LogP contribution in [-0.4, -0.2) is 58.8 Å². The highest BCUT2D eigenvalue weighted by atomic mass is 16.2. The Kier molecular flexibility index (Phi) is 7.66. The normalized spacial score (nSPS) is 16.0. The number of nitrogens with one attached hydrogen (secondary N) is 1. The van der Waals surface area contributed by atoms with Gasteiger partial charge in [-0.05, 0) is 55.0 Å². The summed E-state index contributed by atoms with van der Waals surface area (Å²) in [6.07, 6.45) is 4.07. The number of amidine groups is 1. The van der Waals surface area contributed by atoms with Crippen LogP contribution in [-0.2, 0) is 11.3 Å². The highest BCUT2D eigenvalue weighted by molar-refractivity contribution is 5.96. The van der Waals surface area contributed by atoms with E-state index >= 15 is 0 Å². The summed E-state index contributed by atoms with van der Waals surface area (Å²) < 4.78 is 1.89. The average Bonchev–Trinajstić information content (AvgIpc) is 3.33. The number of fused-ring (bicyclic) bond motifs is 1. The number of aryl methyl sites for hydroxylation is 1. The summed E-state index contributed by atoms with van der Waals surface area (Å²) in [5.74, 6) is 0.120. The Hall–Kier alpha value is -3.45. The molecule has 1 saturated heterocycles. The van der Waals surface area contributed by atoms with Crippen LogP contribution in [0.3, 0.4) is 0 Å². The third kappa shape index (κ3) is 5.62. The van der Waals surface area contributed by atoms with Gasteiger partial charge < -0.3 is 20.1 Å². The number of aromatic nitrogens is 1. The van der Waals surface area contributed by atoms with Crippen molar-refractivity contribution in [2.75, 3.05) is 26.7 Å². The van der Waals surface area contributed by atoms with Gasteiger partial charge >= 0.3 is 0 Å². The largest absolute Gasteiger partial charge is 0.384 e. The predicted molar refractivity (Wildman–Crippen MR) is 142 cm³/mol. The van der Waals surface area contributed by atoms with Crippen LogP contribution in [0.2, 0.25) is 0 Å². The van der Waals surface area contributed by atoms with Gasteiger partial charge in [-0.3, -0.25) is 15.0 Å². The Balaban J connectivity index is 1.43. The lowest BCUT2D eigenvalue weighted by Crippen LogP contribution is -2.37. The maximum absolute atomic E-state index is 13.5. The Morgan fingerprint density at radius 2 is 1.86 bits per heavy atom. The minimum absolute atomic E-state index is 0.00905. The number of likely N-dealkylation sites (N-methyl/N-ethyl adjacent to an activating group) is 1. The molecule has 1 aliphatic heterocycles. The van der Waals surface area contributed by atoms with E-state index in [-0.39, 0.29) is 17.3 Å². The molecule has 1 unspecified atom stereocenters. The SMILES string of the molecule is CC(=O)N(C)C1CCN(CCCCCn2c(=O)c(-c3cccc(C(=N)N)c3)cc3ccccc32)C1. The van der Waals surface area contributed by atoms with Gasteiger partial charge in [0, 0.05) is 50.8 Å². The number of carbonyl (C=O) groups is 1. The van der Waals surface area contributed by atoms with Crippen LogP contribution < -0.4 is 11.3 Å². The van der Waals surface area contributed by atoms with E-state index in [0.717, 1.165) is 61.8 Å². The van der Waals surface area contributed by atoms with Crippen molar-refractivity contribution in [1.82, 2.24) is 14.4 Å². The number of hydrogen-bond donors (Lipinski definition) is 2. The van der Waals surface area contributed by atoms with E-state index in [2.05, 4.69) is 4.90 Å². The van der Waals surface area contributed by atoms with Crippen LogP contribution in [0, 0.1) is 5.41 Å². The van der Waals surface area contributed by atoms with Crippen molar-refractivity contribution in [2.24, 2.45) is 5.73 Å². The van der Waals surface area contributed by atoms with Crippen molar-refractivity contribution in [3.8, 4) is 11.1 Å². The van der Waals surface area contributed by atoms with Crippen LogP contribution in [0.5, 0.6) is 0 Å². The Labute approximate surface area is 206 Å². The molecule has 3 aromatic rings. The summed E-state index contributed by atoms with van der Waals surface area (Å²) in [4.78, 5) is 29.4. The van der Waals surface area contributed by atoms with Gasteiger partial charge in [0.2, 0.25) is 5.91 Å². The van der Waals surface area contributed by atoms with Gasteiger partial charge in [-0.1, -0.05) is 42.8 Å². The lowest BCUT2D eigenvalue weighted by atomic mass is 10.0. The van der Waals surface area contributed by atoms with E-state index in [4.69, 9.17) is 11.1 Å². The predicted octanol–water partition coefficient (Wildman–Crippen LogP) is 3.68. The summed E-state index contributed by atoms with van der Waals surface area (Å²) in [5.41, 5.74) is 8.62. The summed E-state index contributed by atoms with van der Waals surface area (Å²) in [6.45, 7) is 5.30. The molecule has 7 heteroatoms. The first-order valence-corrected chi connectivity index (χ1v) is 12.4. The number of carbonyl (C=O) groups excluding carboxylic acids is 1. The Morgan fingerprint density at radius 3 is 2.63 bits per heavy atom. The van der Waals surface area contributed by atoms with Gasteiger partial charge in [-0.25, -0.2) is 0 Å². The second kappa shape index (κ2) is 10.9. The Bertz CT molecular complexity index is 1280. The fraction of sp³-hybridized carbons (Fsp3) is 0.393. The number of nitrogens with zero attached hydrogens (tertiary/aromatic N) is 3. The van der Waals surface area contributed by atoms with E-state index in [1.165, 1.54) is 0 Å². The topological polar surface area (TPSA) is 95.4 Å². The number of rotatable bonds is 9. The van der Waals surface area contributed by atoms with Gasteiger partial charge in [0.25, 0.3) is 5.56 Å². The third-order valence-electron chi connectivity index (χ3n) is 7.14. The van der Waals surface area contributed by atoms with Crippen LogP contribution in [0.1, 0.15) is 38.2 Å². The number of benzene rings is 2. The van der Waals surface area contributed by atoms with Gasteiger partial charge in [-0.15, -0.1) is 0 Å². The number of pyridine rings is 1. The lowest BCUT2D eigenvalue weighted by molar-refractivity contribution is -0.129. The summed E-state index contributed by atoms with van der Waals surface area (Å²) in [6, 6.07) is 17.6. The molecule has 4 rings (SSSR count). The van der Waals surface area contributed by atoms with Crippen molar-refractivity contribution in [3.63, 3.8) is 0 Å². The molecule has 35 heavy (non-hydrogen) atoms. The fourth-order valence-electron chi connectivity index (χ4n) is 4.98. The number of para-hydroxylation sites is 1. The van der Waals surface area contributed by atoms with Gasteiger partial charge in [0.05, 0.1) is 5.52 Å². The third-order valence-corrected chi connectivity index (χ3v) is 7.14. The molecule has 184 valence electrons. The monoisotopic (exact) mass is 473 g/mol. The zero-order chi connectivity index (χ0) is 24.9. The molecule has 0 saturated carbocycles. The summed E-state index contributed by atoms with van der Waals surface area (Å²) in [5, 5.41) is 8.76. The van der Waals surface area contributed by atoms with Crippen molar-refractivity contribution >= 4 is 22.6 Å². The first-order valence-electron chi connectivity index (χ1n) is 12.4. The number of hydrogen-bond acceptors (Lipinski definition) is 4. The maximum atomic E-state index is 13.5. The molecule has 2 heterocycles. The first-order chi connectivity index (χ1) is 16.8. The standard InChI is InChI=1S/C28H35N5O2/c1-20(34)31(2)24-13-16-32(19-24)14-6-3-7-15-33-26-12-5-4-9-22(26)18-25(28(33)35)21-10-8-11-23(17-21)27(29)30/h4-5,8-12,17-18,24H,3,6-7,13-16,19H2,1-2H3,(H3,29,30).